The van der Waals surface area contributed by atoms with Crippen molar-refractivity contribution in [3.63, 3.8) is 0 Å². The van der Waals surface area contributed by atoms with Gasteiger partial charge in [-0.05, 0) is 41.6 Å². The highest BCUT2D eigenvalue weighted by Gasteiger charge is 2.24. The van der Waals surface area contributed by atoms with E-state index >= 15 is 0 Å². The van der Waals surface area contributed by atoms with Gasteiger partial charge in [0.15, 0.2) is 11.5 Å². The van der Waals surface area contributed by atoms with Crippen LogP contribution < -0.4 is 20.1 Å². The number of nitrogens with zero attached hydrogens (tertiary/aromatic N) is 2. The minimum absolute atomic E-state index is 0.187. The van der Waals surface area contributed by atoms with Crippen LogP contribution in [-0.4, -0.2) is 62.4 Å². The Hall–Kier alpha value is -2.29. The van der Waals surface area contributed by atoms with Crippen LogP contribution in [0, 0.1) is 0 Å². The molecule has 0 saturated carbocycles. The molecule has 144 valence electrons. The van der Waals surface area contributed by atoms with Crippen molar-refractivity contribution in [1.29, 1.82) is 0 Å². The van der Waals surface area contributed by atoms with E-state index in [9.17, 15) is 4.79 Å². The number of likely N-dealkylation sites (N-methyl/N-ethyl adjacent to an activating group) is 1. The molecule has 2 amide bonds. The van der Waals surface area contributed by atoms with Crippen LogP contribution in [0.25, 0.3) is 0 Å². The number of fused-ring (bicyclic) bond motifs is 1. The van der Waals surface area contributed by atoms with E-state index in [1.54, 1.807) is 23.5 Å². The second-order valence-corrected chi connectivity index (χ2v) is 7.59. The quantitative estimate of drug-likeness (QED) is 0.824. The van der Waals surface area contributed by atoms with Gasteiger partial charge < -0.3 is 25.0 Å². The van der Waals surface area contributed by atoms with Crippen molar-refractivity contribution in [3.8, 4) is 11.5 Å². The molecule has 27 heavy (non-hydrogen) atoms. The van der Waals surface area contributed by atoms with Crippen LogP contribution in [0.4, 0.5) is 10.5 Å². The smallest absolute Gasteiger partial charge is 0.319 e. The molecule has 7 nitrogen and oxygen atoms in total. The minimum Gasteiger partial charge on any atom is -0.454 e. The van der Waals surface area contributed by atoms with Gasteiger partial charge in [0.1, 0.15) is 0 Å². The second-order valence-electron chi connectivity index (χ2n) is 6.81. The van der Waals surface area contributed by atoms with Crippen LogP contribution >= 0.6 is 11.3 Å². The predicted molar refractivity (Wildman–Crippen MR) is 106 cm³/mol. The average molecular weight is 388 g/mol. The summed E-state index contributed by atoms with van der Waals surface area (Å²) in [6.07, 6.45) is 0. The molecule has 0 radical (unpaired) electrons. The molecule has 1 saturated heterocycles. The van der Waals surface area contributed by atoms with Gasteiger partial charge in [-0.2, -0.15) is 11.3 Å². The number of amides is 2. The first kappa shape index (κ1) is 18.1. The molecule has 1 fully saturated rings. The molecule has 2 aliphatic heterocycles. The third-order valence-corrected chi connectivity index (χ3v) is 5.69. The maximum atomic E-state index is 12.4. The third-order valence-electron chi connectivity index (χ3n) is 4.99. The van der Waals surface area contributed by atoms with Crippen LogP contribution in [0.3, 0.4) is 0 Å². The lowest BCUT2D eigenvalue weighted by molar-refractivity contribution is 0.111. The Labute approximate surface area is 162 Å². The van der Waals surface area contributed by atoms with E-state index in [0.717, 1.165) is 26.2 Å². The third kappa shape index (κ3) is 4.35. The molecule has 0 bridgehead atoms. The topological polar surface area (TPSA) is 66.1 Å². The Bertz CT molecular complexity index is 775. The number of hydrogen-bond donors (Lipinski definition) is 2. The van der Waals surface area contributed by atoms with Crippen LogP contribution in [-0.2, 0) is 0 Å². The van der Waals surface area contributed by atoms with Crippen LogP contribution in [0.5, 0.6) is 11.5 Å². The first-order valence-corrected chi connectivity index (χ1v) is 10.0. The minimum atomic E-state index is -0.219. The highest BCUT2D eigenvalue weighted by Crippen LogP contribution is 2.34. The summed E-state index contributed by atoms with van der Waals surface area (Å²) in [6, 6.07) is 7.50. The number of carbonyl (C=O) groups is 1. The standard InChI is InChI=1S/C19H24N4O3S/c1-22-5-7-23(8-6-22)16(14-4-9-27-12-14)11-20-19(24)21-15-2-3-17-18(10-15)26-13-25-17/h2-4,9-10,12,16H,5-8,11,13H2,1H3,(H2,20,21,24)/t16-/m1/s1. The average Bonchev–Trinajstić information content (AvgIpc) is 3.35. The molecular formula is C19H24N4O3S. The fourth-order valence-electron chi connectivity index (χ4n) is 3.39. The van der Waals surface area contributed by atoms with Crippen LogP contribution in [0.1, 0.15) is 11.6 Å². The number of benzene rings is 1. The van der Waals surface area contributed by atoms with Gasteiger partial charge in [0.25, 0.3) is 0 Å². The Kier molecular flexibility index (Phi) is 5.47. The first-order chi connectivity index (χ1) is 13.2. The van der Waals surface area contributed by atoms with Crippen molar-refractivity contribution in [1.82, 2.24) is 15.1 Å². The zero-order chi connectivity index (χ0) is 18.6. The zero-order valence-electron chi connectivity index (χ0n) is 15.3. The SMILES string of the molecule is CN1CCN([C@H](CNC(=O)Nc2ccc3c(c2)OCO3)c2ccsc2)CC1. The monoisotopic (exact) mass is 388 g/mol. The number of piperazine rings is 1. The van der Waals surface area contributed by atoms with E-state index in [0.29, 0.717) is 23.7 Å². The molecule has 1 aromatic carbocycles. The summed E-state index contributed by atoms with van der Waals surface area (Å²) in [5.74, 6) is 1.36. The number of nitrogens with one attached hydrogen (secondary N) is 2. The molecule has 2 N–H and O–H groups in total. The van der Waals surface area contributed by atoms with Crippen molar-refractivity contribution in [3.05, 3.63) is 40.6 Å². The molecule has 0 unspecified atom stereocenters. The van der Waals surface area contributed by atoms with Gasteiger partial charge in [0.05, 0.1) is 6.04 Å². The highest BCUT2D eigenvalue weighted by molar-refractivity contribution is 7.07. The molecule has 4 rings (SSSR count). The molecule has 1 aromatic heterocycles. The number of hydrogen-bond acceptors (Lipinski definition) is 6. The lowest BCUT2D eigenvalue weighted by atomic mass is 10.1. The Balaban J connectivity index is 1.36. The number of anilines is 1. The molecular weight excluding hydrogens is 364 g/mol. The maximum absolute atomic E-state index is 12.4. The summed E-state index contributed by atoms with van der Waals surface area (Å²) >= 11 is 1.69. The first-order valence-electron chi connectivity index (χ1n) is 9.08. The highest BCUT2D eigenvalue weighted by atomic mass is 32.1. The second kappa shape index (κ2) is 8.16. The van der Waals surface area contributed by atoms with E-state index in [1.807, 2.05) is 6.07 Å². The van der Waals surface area contributed by atoms with Crippen molar-refractivity contribution >= 4 is 23.1 Å². The van der Waals surface area contributed by atoms with Crippen molar-refractivity contribution in [2.45, 2.75) is 6.04 Å². The summed E-state index contributed by atoms with van der Waals surface area (Å²) < 4.78 is 10.6. The van der Waals surface area contributed by atoms with Crippen LogP contribution in [0.15, 0.2) is 35.0 Å². The van der Waals surface area contributed by atoms with E-state index in [-0.39, 0.29) is 18.9 Å². The molecule has 0 spiro atoms. The van der Waals surface area contributed by atoms with Crippen molar-refractivity contribution in [2.75, 3.05) is 51.9 Å². The Morgan fingerprint density at radius 1 is 1.19 bits per heavy atom. The van der Waals surface area contributed by atoms with E-state index in [4.69, 9.17) is 9.47 Å². The lowest BCUT2D eigenvalue weighted by Crippen LogP contribution is -2.48. The van der Waals surface area contributed by atoms with E-state index in [2.05, 4.69) is 44.3 Å². The van der Waals surface area contributed by atoms with Gasteiger partial charge in [-0.3, -0.25) is 4.90 Å². The number of rotatable bonds is 5. The van der Waals surface area contributed by atoms with E-state index in [1.165, 1.54) is 5.56 Å². The fourth-order valence-corrected chi connectivity index (χ4v) is 4.10. The van der Waals surface area contributed by atoms with Crippen LogP contribution in [0.2, 0.25) is 0 Å². The van der Waals surface area contributed by atoms with Gasteiger partial charge in [0.2, 0.25) is 6.79 Å². The van der Waals surface area contributed by atoms with Gasteiger partial charge in [-0.1, -0.05) is 0 Å². The molecule has 8 heteroatoms. The van der Waals surface area contributed by atoms with Gasteiger partial charge in [0, 0.05) is 44.5 Å². The molecule has 2 aromatic rings. The normalized spacial score (nSPS) is 18.3. The van der Waals surface area contributed by atoms with Gasteiger partial charge >= 0.3 is 6.03 Å². The summed E-state index contributed by atoms with van der Waals surface area (Å²) in [4.78, 5) is 17.2. The Morgan fingerprint density at radius 2 is 2.00 bits per heavy atom. The summed E-state index contributed by atoms with van der Waals surface area (Å²) in [5, 5.41) is 10.2. The predicted octanol–water partition coefficient (Wildman–Crippen LogP) is 2.59. The maximum Gasteiger partial charge on any atom is 0.319 e. The van der Waals surface area contributed by atoms with Crippen molar-refractivity contribution < 1.29 is 14.3 Å². The molecule has 0 aliphatic carbocycles. The van der Waals surface area contributed by atoms with E-state index < -0.39 is 0 Å². The number of ether oxygens (including phenoxy) is 2. The summed E-state index contributed by atoms with van der Waals surface area (Å²) in [7, 11) is 2.15. The van der Waals surface area contributed by atoms with Gasteiger partial charge in [-0.15, -0.1) is 0 Å². The molecule has 2 aliphatic rings. The number of thiophene rings is 1. The summed E-state index contributed by atoms with van der Waals surface area (Å²) in [6.45, 7) is 4.88. The summed E-state index contributed by atoms with van der Waals surface area (Å²) in [5.41, 5.74) is 1.94. The lowest BCUT2D eigenvalue weighted by Gasteiger charge is -2.37. The number of urea groups is 1. The Morgan fingerprint density at radius 3 is 2.78 bits per heavy atom. The van der Waals surface area contributed by atoms with Crippen molar-refractivity contribution in [2.24, 2.45) is 0 Å². The zero-order valence-corrected chi connectivity index (χ0v) is 16.1. The molecule has 3 heterocycles. The largest absolute Gasteiger partial charge is 0.454 e. The fraction of sp³-hybridized carbons (Fsp3) is 0.421. The van der Waals surface area contributed by atoms with Gasteiger partial charge in [-0.25, -0.2) is 4.79 Å². The molecule has 1 atom stereocenters. The number of carbonyl (C=O) groups excluding carboxylic acids is 1.